The third-order valence-corrected chi connectivity index (χ3v) is 3.33. The molecule has 1 aliphatic carbocycles. The van der Waals surface area contributed by atoms with Crippen molar-refractivity contribution in [3.05, 3.63) is 11.3 Å². The fourth-order valence-corrected chi connectivity index (χ4v) is 2.46. The maximum atomic E-state index is 12.0. The van der Waals surface area contributed by atoms with Crippen molar-refractivity contribution in [3.63, 3.8) is 0 Å². The first kappa shape index (κ1) is 11.6. The molecule has 6 heteroatoms. The smallest absolute Gasteiger partial charge is 0.325 e. The fourth-order valence-electron chi connectivity index (χ4n) is 2.46. The van der Waals surface area contributed by atoms with Crippen molar-refractivity contribution in [1.29, 1.82) is 0 Å². The van der Waals surface area contributed by atoms with Gasteiger partial charge in [-0.2, -0.15) is 0 Å². The van der Waals surface area contributed by atoms with Gasteiger partial charge in [0.15, 0.2) is 5.78 Å². The zero-order valence-electron chi connectivity index (χ0n) is 9.77. The number of ketones is 1. The van der Waals surface area contributed by atoms with E-state index in [1.807, 2.05) is 0 Å². The number of hydrogen-bond acceptors (Lipinski definition) is 3. The average Bonchev–Trinajstić information content (AvgIpc) is 2.63. The SMILES string of the molecule is CC1C2=C(CCC2=O)N(C)C(=O)N1CC(=O)O. The van der Waals surface area contributed by atoms with E-state index in [9.17, 15) is 14.4 Å². The van der Waals surface area contributed by atoms with Crippen molar-refractivity contribution in [3.8, 4) is 0 Å². The molecule has 6 nitrogen and oxygen atoms in total. The number of carbonyl (C=O) groups excluding carboxylic acids is 2. The van der Waals surface area contributed by atoms with Crippen LogP contribution in [0.2, 0.25) is 0 Å². The fraction of sp³-hybridized carbons (Fsp3) is 0.545. The molecule has 0 aromatic carbocycles. The van der Waals surface area contributed by atoms with Crippen LogP contribution < -0.4 is 0 Å². The van der Waals surface area contributed by atoms with Crippen LogP contribution in [0, 0.1) is 0 Å². The molecule has 1 unspecified atom stereocenters. The Morgan fingerprint density at radius 3 is 2.65 bits per heavy atom. The molecule has 0 aromatic heterocycles. The number of allylic oxidation sites excluding steroid dienone is 1. The quantitative estimate of drug-likeness (QED) is 0.757. The molecule has 1 atom stereocenters. The van der Waals surface area contributed by atoms with Gasteiger partial charge < -0.3 is 14.9 Å². The van der Waals surface area contributed by atoms with Gasteiger partial charge in [0.25, 0.3) is 0 Å². The lowest BCUT2D eigenvalue weighted by molar-refractivity contribution is -0.138. The van der Waals surface area contributed by atoms with Gasteiger partial charge in [-0.25, -0.2) is 4.79 Å². The van der Waals surface area contributed by atoms with Crippen LogP contribution in [-0.4, -0.2) is 52.3 Å². The second-order valence-corrected chi connectivity index (χ2v) is 4.32. The molecule has 2 aliphatic rings. The molecule has 0 saturated carbocycles. The van der Waals surface area contributed by atoms with Crippen molar-refractivity contribution in [2.24, 2.45) is 0 Å². The molecule has 1 aliphatic heterocycles. The molecule has 92 valence electrons. The molecule has 0 bridgehead atoms. The Labute approximate surface area is 98.5 Å². The van der Waals surface area contributed by atoms with Crippen molar-refractivity contribution in [2.75, 3.05) is 13.6 Å². The van der Waals surface area contributed by atoms with E-state index >= 15 is 0 Å². The first-order chi connectivity index (χ1) is 7.93. The summed E-state index contributed by atoms with van der Waals surface area (Å²) >= 11 is 0. The molecule has 0 fully saturated rings. The highest BCUT2D eigenvalue weighted by atomic mass is 16.4. The summed E-state index contributed by atoms with van der Waals surface area (Å²) in [5, 5.41) is 8.78. The predicted molar refractivity (Wildman–Crippen MR) is 58.2 cm³/mol. The number of amides is 2. The first-order valence-electron chi connectivity index (χ1n) is 5.46. The summed E-state index contributed by atoms with van der Waals surface area (Å²) < 4.78 is 0. The van der Waals surface area contributed by atoms with Gasteiger partial charge in [-0.1, -0.05) is 0 Å². The Hall–Kier alpha value is -1.85. The van der Waals surface area contributed by atoms with E-state index in [2.05, 4.69) is 0 Å². The van der Waals surface area contributed by atoms with Gasteiger partial charge in [-0.15, -0.1) is 0 Å². The zero-order valence-corrected chi connectivity index (χ0v) is 9.77. The summed E-state index contributed by atoms with van der Waals surface area (Å²) in [5.41, 5.74) is 1.34. The van der Waals surface area contributed by atoms with Crippen LogP contribution >= 0.6 is 0 Å². The van der Waals surface area contributed by atoms with Gasteiger partial charge in [0.2, 0.25) is 0 Å². The number of urea groups is 1. The van der Waals surface area contributed by atoms with Crippen LogP contribution in [0.5, 0.6) is 0 Å². The minimum atomic E-state index is -1.08. The molecule has 0 spiro atoms. The number of Topliss-reactive ketones (excluding diaryl/α,β-unsaturated/α-hetero) is 1. The highest BCUT2D eigenvalue weighted by molar-refractivity contribution is 6.02. The predicted octanol–water partition coefficient (Wildman–Crippen LogP) is 0.444. The Morgan fingerprint density at radius 1 is 1.41 bits per heavy atom. The highest BCUT2D eigenvalue weighted by Gasteiger charge is 2.41. The van der Waals surface area contributed by atoms with Gasteiger partial charge in [0.1, 0.15) is 6.54 Å². The van der Waals surface area contributed by atoms with Crippen LogP contribution in [0.15, 0.2) is 11.3 Å². The average molecular weight is 238 g/mol. The monoisotopic (exact) mass is 238 g/mol. The van der Waals surface area contributed by atoms with E-state index < -0.39 is 12.0 Å². The molecule has 2 amide bonds. The molecular formula is C11H14N2O4. The maximum absolute atomic E-state index is 12.0. The minimum absolute atomic E-state index is 0.0160. The van der Waals surface area contributed by atoms with E-state index in [1.165, 1.54) is 9.80 Å². The van der Waals surface area contributed by atoms with Gasteiger partial charge in [0.05, 0.1) is 6.04 Å². The van der Waals surface area contributed by atoms with Crippen molar-refractivity contribution in [2.45, 2.75) is 25.8 Å². The molecular weight excluding hydrogens is 224 g/mol. The molecule has 0 radical (unpaired) electrons. The van der Waals surface area contributed by atoms with E-state index in [0.29, 0.717) is 18.4 Å². The number of carbonyl (C=O) groups is 3. The van der Waals surface area contributed by atoms with Crippen molar-refractivity contribution >= 4 is 17.8 Å². The van der Waals surface area contributed by atoms with Crippen LogP contribution in [0.1, 0.15) is 19.8 Å². The normalized spacial score (nSPS) is 24.5. The lowest BCUT2D eigenvalue weighted by Crippen LogP contribution is -2.52. The molecule has 2 rings (SSSR count). The largest absolute Gasteiger partial charge is 0.480 e. The van der Waals surface area contributed by atoms with E-state index in [-0.39, 0.29) is 18.4 Å². The van der Waals surface area contributed by atoms with Gasteiger partial charge in [-0.3, -0.25) is 9.59 Å². The van der Waals surface area contributed by atoms with Crippen molar-refractivity contribution in [1.82, 2.24) is 9.80 Å². The number of carboxylic acid groups (broad SMARTS) is 1. The summed E-state index contributed by atoms with van der Waals surface area (Å²) in [6.07, 6.45) is 0.981. The summed E-state index contributed by atoms with van der Waals surface area (Å²) in [6.45, 7) is 1.32. The standard InChI is InChI=1S/C11H14N2O4/c1-6-10-7(3-4-8(10)14)12(2)11(17)13(6)5-9(15)16/h6H,3-5H2,1-2H3,(H,15,16). The molecule has 0 aromatic rings. The van der Waals surface area contributed by atoms with Gasteiger partial charge in [0, 0.05) is 24.7 Å². The summed E-state index contributed by atoms with van der Waals surface area (Å²) in [4.78, 5) is 37.0. The number of aliphatic carboxylic acids is 1. The highest BCUT2D eigenvalue weighted by Crippen LogP contribution is 2.34. The van der Waals surface area contributed by atoms with Crippen molar-refractivity contribution < 1.29 is 19.5 Å². The summed E-state index contributed by atoms with van der Waals surface area (Å²) in [7, 11) is 1.58. The summed E-state index contributed by atoms with van der Waals surface area (Å²) in [6, 6.07) is -0.798. The third-order valence-electron chi connectivity index (χ3n) is 3.33. The minimum Gasteiger partial charge on any atom is -0.480 e. The second kappa shape index (κ2) is 3.87. The lowest BCUT2D eigenvalue weighted by Gasteiger charge is -2.38. The number of rotatable bonds is 2. The van der Waals surface area contributed by atoms with E-state index in [1.54, 1.807) is 14.0 Å². The molecule has 1 N–H and O–H groups in total. The van der Waals surface area contributed by atoms with Crippen LogP contribution in [0.4, 0.5) is 4.79 Å². The first-order valence-corrected chi connectivity index (χ1v) is 5.46. The third kappa shape index (κ3) is 1.69. The number of nitrogens with zero attached hydrogens (tertiary/aromatic N) is 2. The molecule has 1 heterocycles. The van der Waals surface area contributed by atoms with Crippen LogP contribution in [0.25, 0.3) is 0 Å². The van der Waals surface area contributed by atoms with Gasteiger partial charge in [-0.05, 0) is 13.3 Å². The van der Waals surface area contributed by atoms with E-state index in [0.717, 1.165) is 5.70 Å². The lowest BCUT2D eigenvalue weighted by atomic mass is 10.0. The zero-order chi connectivity index (χ0) is 12.7. The Kier molecular flexibility index (Phi) is 2.65. The van der Waals surface area contributed by atoms with Crippen LogP contribution in [0.3, 0.4) is 0 Å². The Morgan fingerprint density at radius 2 is 2.06 bits per heavy atom. The van der Waals surface area contributed by atoms with E-state index in [4.69, 9.17) is 5.11 Å². The maximum Gasteiger partial charge on any atom is 0.325 e. The topological polar surface area (TPSA) is 77.9 Å². The Bertz CT molecular complexity index is 441. The number of hydrogen-bond donors (Lipinski definition) is 1. The second-order valence-electron chi connectivity index (χ2n) is 4.32. The summed E-state index contributed by atoms with van der Waals surface area (Å²) in [5.74, 6) is -1.06. The van der Waals surface area contributed by atoms with Gasteiger partial charge >= 0.3 is 12.0 Å². The molecule has 0 saturated heterocycles. The number of carboxylic acids is 1. The van der Waals surface area contributed by atoms with Crippen LogP contribution in [-0.2, 0) is 9.59 Å². The molecule has 17 heavy (non-hydrogen) atoms. The Balaban J connectivity index is 2.38.